The van der Waals surface area contributed by atoms with Crippen LogP contribution in [0.1, 0.15) is 11.1 Å². The summed E-state index contributed by atoms with van der Waals surface area (Å²) in [4.78, 5) is 0. The van der Waals surface area contributed by atoms with E-state index in [2.05, 4.69) is 0 Å². The molecule has 2 aromatic rings. The van der Waals surface area contributed by atoms with Crippen LogP contribution in [-0.2, 0) is 9.47 Å². The lowest BCUT2D eigenvalue weighted by atomic mass is 9.99. The Morgan fingerprint density at radius 2 is 1.18 bits per heavy atom. The second kappa shape index (κ2) is 12.7. The van der Waals surface area contributed by atoms with E-state index in [1.165, 1.54) is 24.3 Å². The maximum Gasteiger partial charge on any atom is 0.229 e. The van der Waals surface area contributed by atoms with Gasteiger partial charge in [0.2, 0.25) is 12.6 Å². The molecule has 0 unspecified atom stereocenters. The Balaban J connectivity index is 1.49. The van der Waals surface area contributed by atoms with Crippen molar-refractivity contribution in [2.75, 3.05) is 13.2 Å². The topological polar surface area (TPSA) is 239 Å². The van der Waals surface area contributed by atoms with E-state index < -0.39 is 80.4 Å². The zero-order chi connectivity index (χ0) is 29.1. The zero-order valence-corrected chi connectivity index (χ0v) is 20.9. The van der Waals surface area contributed by atoms with E-state index in [4.69, 9.17) is 18.9 Å². The molecule has 40 heavy (non-hydrogen) atoms. The van der Waals surface area contributed by atoms with Crippen LogP contribution in [0, 0.1) is 0 Å². The van der Waals surface area contributed by atoms with E-state index in [9.17, 15) is 51.1 Å². The van der Waals surface area contributed by atoms with Crippen molar-refractivity contribution in [3.8, 4) is 23.0 Å². The average molecular weight is 569 g/mol. The minimum atomic E-state index is -1.72. The van der Waals surface area contributed by atoms with Crippen LogP contribution in [0.5, 0.6) is 23.0 Å². The summed E-state index contributed by atoms with van der Waals surface area (Å²) in [6, 6.07) is 8.50. The molecule has 2 fully saturated rings. The van der Waals surface area contributed by atoms with Gasteiger partial charge in [0.1, 0.15) is 60.3 Å². The van der Waals surface area contributed by atoms with Crippen LogP contribution in [0.3, 0.4) is 0 Å². The first-order valence-electron chi connectivity index (χ1n) is 12.3. The molecule has 0 spiro atoms. The Hall–Kier alpha value is -3.02. The highest BCUT2D eigenvalue weighted by molar-refractivity contribution is 5.75. The number of phenols is 2. The number of ether oxygens (including phenoxy) is 4. The van der Waals surface area contributed by atoms with Gasteiger partial charge in [0.05, 0.1) is 13.2 Å². The number of phenolic OH excluding ortho intramolecular Hbond substituents is 2. The van der Waals surface area contributed by atoms with Crippen molar-refractivity contribution in [3.05, 3.63) is 47.5 Å². The Morgan fingerprint density at radius 1 is 0.650 bits per heavy atom. The minimum Gasteiger partial charge on any atom is -0.508 e. The first-order valence-corrected chi connectivity index (χ1v) is 12.3. The predicted octanol–water partition coefficient (Wildman–Crippen LogP) is -2.37. The van der Waals surface area contributed by atoms with Gasteiger partial charge in [-0.15, -0.1) is 0 Å². The molecule has 14 heteroatoms. The summed E-state index contributed by atoms with van der Waals surface area (Å²) in [6.45, 7) is -1.27. The fourth-order valence-corrected chi connectivity index (χ4v) is 4.30. The molecule has 10 atom stereocenters. The maximum absolute atomic E-state index is 10.4. The van der Waals surface area contributed by atoms with E-state index in [0.717, 1.165) is 6.07 Å². The van der Waals surface area contributed by atoms with Crippen LogP contribution >= 0.6 is 0 Å². The molecule has 0 saturated carbocycles. The van der Waals surface area contributed by atoms with Gasteiger partial charge in [0, 0.05) is 11.6 Å². The van der Waals surface area contributed by atoms with E-state index in [-0.39, 0.29) is 22.8 Å². The predicted molar refractivity (Wildman–Crippen MR) is 134 cm³/mol. The molecule has 4 rings (SSSR count). The molecule has 0 radical (unpaired) electrons. The smallest absolute Gasteiger partial charge is 0.229 e. The van der Waals surface area contributed by atoms with Crippen molar-refractivity contribution >= 4 is 12.2 Å². The zero-order valence-electron chi connectivity index (χ0n) is 20.9. The fourth-order valence-electron chi connectivity index (χ4n) is 4.30. The van der Waals surface area contributed by atoms with Gasteiger partial charge < -0.3 is 70.0 Å². The lowest BCUT2D eigenvalue weighted by Gasteiger charge is -2.39. The van der Waals surface area contributed by atoms with Crippen molar-refractivity contribution in [1.82, 2.24) is 0 Å². The molecule has 10 N–H and O–H groups in total. The van der Waals surface area contributed by atoms with Crippen molar-refractivity contribution in [1.29, 1.82) is 0 Å². The van der Waals surface area contributed by atoms with Crippen molar-refractivity contribution in [3.63, 3.8) is 0 Å². The molecular weight excluding hydrogens is 536 g/mol. The number of benzene rings is 2. The lowest BCUT2D eigenvalue weighted by molar-refractivity contribution is -0.277. The molecule has 0 aromatic heterocycles. The number of hydrogen-bond acceptors (Lipinski definition) is 14. The highest BCUT2D eigenvalue weighted by Crippen LogP contribution is 2.38. The van der Waals surface area contributed by atoms with Crippen molar-refractivity contribution in [2.45, 2.75) is 61.4 Å². The van der Waals surface area contributed by atoms with Crippen LogP contribution in [0.4, 0.5) is 0 Å². The van der Waals surface area contributed by atoms with E-state index >= 15 is 0 Å². The second-order valence-electron chi connectivity index (χ2n) is 9.42. The third-order valence-electron chi connectivity index (χ3n) is 6.60. The van der Waals surface area contributed by atoms with Gasteiger partial charge in [0.15, 0.2) is 11.5 Å². The number of rotatable bonds is 8. The molecule has 2 aliphatic heterocycles. The highest BCUT2D eigenvalue weighted by atomic mass is 16.7. The van der Waals surface area contributed by atoms with Crippen molar-refractivity contribution < 1.29 is 70.0 Å². The normalized spacial score (nSPS) is 34.6. The Morgan fingerprint density at radius 3 is 1.70 bits per heavy atom. The van der Waals surface area contributed by atoms with Gasteiger partial charge in [-0.05, 0) is 23.8 Å². The number of aliphatic hydroxyl groups is 8. The number of aromatic hydroxyl groups is 2. The molecule has 0 bridgehead atoms. The van der Waals surface area contributed by atoms with E-state index in [1.54, 1.807) is 18.2 Å². The largest absolute Gasteiger partial charge is 0.508 e. The maximum atomic E-state index is 10.4. The SMILES string of the molecule is OC[C@H]1O[C@@H](Oc2c(O)cc(O)cc2C=Cc2ccc(O[C@H]3O[C@H](CO)[C@@H](O)[C@H](O)[C@H]3O)cc2)[C@H](O)[C@@H](O)[C@@H]1O. The van der Waals surface area contributed by atoms with Gasteiger partial charge >= 0.3 is 0 Å². The molecule has 0 aliphatic carbocycles. The van der Waals surface area contributed by atoms with Crippen LogP contribution in [0.25, 0.3) is 12.2 Å². The third kappa shape index (κ3) is 6.31. The summed E-state index contributed by atoms with van der Waals surface area (Å²) in [5.41, 5.74) is 0.749. The van der Waals surface area contributed by atoms with E-state index in [1.807, 2.05) is 0 Å². The molecule has 2 aliphatic rings. The van der Waals surface area contributed by atoms with Crippen LogP contribution in [0.2, 0.25) is 0 Å². The Bertz CT molecular complexity index is 1150. The van der Waals surface area contributed by atoms with Crippen LogP contribution in [0.15, 0.2) is 36.4 Å². The van der Waals surface area contributed by atoms with Gasteiger partial charge in [0.25, 0.3) is 0 Å². The highest BCUT2D eigenvalue weighted by Gasteiger charge is 2.46. The molecule has 2 aromatic carbocycles. The number of hydrogen-bond donors (Lipinski definition) is 10. The van der Waals surface area contributed by atoms with Crippen LogP contribution < -0.4 is 9.47 Å². The monoisotopic (exact) mass is 568 g/mol. The molecular formula is C26H32O14. The fraction of sp³-hybridized carbons (Fsp3) is 0.462. The summed E-state index contributed by atoms with van der Waals surface area (Å²) in [7, 11) is 0. The standard InChI is InChI=1S/C26H32O14/c27-9-16-18(31)20(33)22(35)25(38-16)37-14-5-2-11(3-6-14)1-4-12-7-13(29)8-15(30)24(12)40-26-23(36)21(34)19(32)17(10-28)39-26/h1-8,16-23,25-36H,9-10H2/t16-,17-,18-,19-,20+,21+,22-,23-,25+,26+/m1/s1. The molecule has 2 saturated heterocycles. The minimum absolute atomic E-state index is 0.149. The van der Waals surface area contributed by atoms with Gasteiger partial charge in [-0.25, -0.2) is 0 Å². The van der Waals surface area contributed by atoms with Gasteiger partial charge in [-0.1, -0.05) is 24.3 Å². The van der Waals surface area contributed by atoms with Gasteiger partial charge in [-0.2, -0.15) is 0 Å². The van der Waals surface area contributed by atoms with Crippen LogP contribution in [-0.4, -0.2) is 126 Å². The quantitative estimate of drug-likeness (QED) is 0.150. The van der Waals surface area contributed by atoms with Crippen molar-refractivity contribution in [2.24, 2.45) is 0 Å². The molecule has 2 heterocycles. The van der Waals surface area contributed by atoms with Gasteiger partial charge in [-0.3, -0.25) is 0 Å². The summed E-state index contributed by atoms with van der Waals surface area (Å²) in [5, 5.41) is 99.3. The Labute approximate surface area is 227 Å². The number of aliphatic hydroxyl groups excluding tert-OH is 8. The first kappa shape index (κ1) is 30.0. The Kier molecular flexibility index (Phi) is 9.48. The van der Waals surface area contributed by atoms with E-state index in [0.29, 0.717) is 5.56 Å². The molecule has 0 amide bonds. The molecule has 220 valence electrons. The lowest BCUT2D eigenvalue weighted by Crippen LogP contribution is -2.60. The molecule has 14 nitrogen and oxygen atoms in total. The summed E-state index contributed by atoms with van der Waals surface area (Å²) in [5.74, 6) is -0.800. The summed E-state index contributed by atoms with van der Waals surface area (Å²) in [6.07, 6.45) is -11.9. The third-order valence-corrected chi connectivity index (χ3v) is 6.60. The summed E-state index contributed by atoms with van der Waals surface area (Å²) >= 11 is 0. The first-order chi connectivity index (χ1) is 19.0. The average Bonchev–Trinajstić information content (AvgIpc) is 2.94. The summed E-state index contributed by atoms with van der Waals surface area (Å²) < 4.78 is 21.8. The second-order valence-corrected chi connectivity index (χ2v) is 9.42.